The van der Waals surface area contributed by atoms with Crippen LogP contribution in [0.15, 0.2) is 49.1 Å². The molecule has 0 amide bonds. The van der Waals surface area contributed by atoms with Crippen molar-refractivity contribution in [3.63, 3.8) is 0 Å². The Morgan fingerprint density at radius 1 is 1.33 bits per heavy atom. The summed E-state index contributed by atoms with van der Waals surface area (Å²) in [4.78, 5) is 0. The third kappa shape index (κ3) is 2.55. The predicted octanol–water partition coefficient (Wildman–Crippen LogP) is 3.84. The Labute approximate surface area is 78.2 Å². The zero-order valence-corrected chi connectivity index (χ0v) is 7.59. The number of hydrogen-bond acceptors (Lipinski definition) is 0. The Kier molecular flexibility index (Phi) is 3.62. The summed E-state index contributed by atoms with van der Waals surface area (Å²) in [6.07, 6.45) is 4.59. The lowest BCUT2D eigenvalue weighted by atomic mass is 10.2. The molecule has 0 atom stereocenters. The van der Waals surface area contributed by atoms with E-state index < -0.39 is 0 Å². The summed E-state index contributed by atoms with van der Waals surface area (Å²) in [6.45, 7) is 3.62. The first-order valence-electron chi connectivity index (χ1n) is 3.86. The normalized spacial score (nSPS) is 11.2. The zero-order chi connectivity index (χ0) is 8.81. The predicted molar refractivity (Wildman–Crippen MR) is 55.1 cm³/mol. The number of rotatable bonds is 3. The summed E-state index contributed by atoms with van der Waals surface area (Å²) in [7, 11) is 0. The molecule has 1 aromatic rings. The lowest BCUT2D eigenvalue weighted by molar-refractivity contribution is 1.42. The van der Waals surface area contributed by atoms with Gasteiger partial charge in [0.15, 0.2) is 0 Å². The van der Waals surface area contributed by atoms with E-state index in [0.29, 0.717) is 0 Å². The zero-order valence-electron chi connectivity index (χ0n) is 6.83. The third-order valence-corrected chi connectivity index (χ3v) is 1.89. The van der Waals surface area contributed by atoms with Crippen LogP contribution in [-0.4, -0.2) is 0 Å². The van der Waals surface area contributed by atoms with Gasteiger partial charge in [0.1, 0.15) is 0 Å². The maximum absolute atomic E-state index is 6.00. The van der Waals surface area contributed by atoms with Crippen molar-refractivity contribution in [3.8, 4) is 0 Å². The van der Waals surface area contributed by atoms with E-state index in [4.69, 9.17) is 11.6 Å². The van der Waals surface area contributed by atoms with Crippen molar-refractivity contribution in [2.45, 2.75) is 6.42 Å². The first kappa shape index (κ1) is 9.08. The molecular formula is C11H11Cl. The smallest absolute Gasteiger partial charge is 0.0441 e. The molecule has 1 heteroatoms. The first-order chi connectivity index (χ1) is 5.84. The van der Waals surface area contributed by atoms with Gasteiger partial charge in [-0.25, -0.2) is 0 Å². The van der Waals surface area contributed by atoms with E-state index in [-0.39, 0.29) is 0 Å². The van der Waals surface area contributed by atoms with Gasteiger partial charge in [0.25, 0.3) is 0 Å². The molecular weight excluding hydrogens is 168 g/mol. The van der Waals surface area contributed by atoms with Crippen LogP contribution in [0.2, 0.25) is 0 Å². The standard InChI is InChI=1S/C11H11Cl/c1-2-3-9-11(12)10-7-5-4-6-8-10/h2,4-9H,1,3H2. The van der Waals surface area contributed by atoms with E-state index in [2.05, 4.69) is 6.58 Å². The van der Waals surface area contributed by atoms with Crippen LogP contribution < -0.4 is 0 Å². The largest absolute Gasteiger partial charge is 0.103 e. The van der Waals surface area contributed by atoms with E-state index in [0.717, 1.165) is 17.0 Å². The van der Waals surface area contributed by atoms with Crippen molar-refractivity contribution < 1.29 is 0 Å². The Morgan fingerprint density at radius 2 is 2.00 bits per heavy atom. The molecule has 0 aliphatic heterocycles. The summed E-state index contributed by atoms with van der Waals surface area (Å²) in [5.41, 5.74) is 1.06. The molecule has 1 rings (SSSR count). The van der Waals surface area contributed by atoms with Crippen LogP contribution in [0.25, 0.3) is 5.03 Å². The fraction of sp³-hybridized carbons (Fsp3) is 0.0909. The fourth-order valence-corrected chi connectivity index (χ4v) is 1.12. The molecule has 0 heterocycles. The highest BCUT2D eigenvalue weighted by molar-refractivity contribution is 6.48. The molecule has 1 aromatic carbocycles. The monoisotopic (exact) mass is 178 g/mol. The van der Waals surface area contributed by atoms with Gasteiger partial charge in [0.2, 0.25) is 0 Å². The lowest BCUT2D eigenvalue weighted by Crippen LogP contribution is -1.74. The summed E-state index contributed by atoms with van der Waals surface area (Å²) in [5.74, 6) is 0. The van der Waals surface area contributed by atoms with Crippen molar-refractivity contribution in [3.05, 3.63) is 54.6 Å². The van der Waals surface area contributed by atoms with Crippen molar-refractivity contribution in [2.24, 2.45) is 0 Å². The highest BCUT2D eigenvalue weighted by Gasteiger charge is 1.93. The SMILES string of the molecule is C=CCC=C(Cl)c1ccccc1. The van der Waals surface area contributed by atoms with Gasteiger partial charge in [-0.2, -0.15) is 0 Å². The van der Waals surface area contributed by atoms with Gasteiger partial charge >= 0.3 is 0 Å². The second-order valence-electron chi connectivity index (χ2n) is 2.44. The average molecular weight is 179 g/mol. The van der Waals surface area contributed by atoms with E-state index in [1.807, 2.05) is 42.5 Å². The van der Waals surface area contributed by atoms with Crippen molar-refractivity contribution in [1.29, 1.82) is 0 Å². The molecule has 0 saturated carbocycles. The average Bonchev–Trinajstić information content (AvgIpc) is 2.15. The molecule has 0 fully saturated rings. The number of halogens is 1. The topological polar surface area (TPSA) is 0 Å². The van der Waals surface area contributed by atoms with E-state index in [1.165, 1.54) is 0 Å². The quantitative estimate of drug-likeness (QED) is 0.617. The van der Waals surface area contributed by atoms with E-state index >= 15 is 0 Å². The minimum Gasteiger partial charge on any atom is -0.103 e. The van der Waals surface area contributed by atoms with Crippen LogP contribution >= 0.6 is 11.6 Å². The van der Waals surface area contributed by atoms with Gasteiger partial charge in [-0.3, -0.25) is 0 Å². The van der Waals surface area contributed by atoms with Crippen molar-refractivity contribution in [1.82, 2.24) is 0 Å². The summed E-state index contributed by atoms with van der Waals surface area (Å²) in [6, 6.07) is 9.89. The molecule has 0 aliphatic carbocycles. The van der Waals surface area contributed by atoms with Crippen molar-refractivity contribution in [2.75, 3.05) is 0 Å². The Morgan fingerprint density at radius 3 is 2.58 bits per heavy atom. The van der Waals surface area contributed by atoms with Gasteiger partial charge < -0.3 is 0 Å². The third-order valence-electron chi connectivity index (χ3n) is 1.51. The number of hydrogen-bond donors (Lipinski definition) is 0. The van der Waals surface area contributed by atoms with Crippen molar-refractivity contribution >= 4 is 16.6 Å². The Hall–Kier alpha value is -1.01. The van der Waals surface area contributed by atoms with Gasteiger partial charge in [-0.05, 0) is 12.0 Å². The van der Waals surface area contributed by atoms with Crippen LogP contribution in [0.3, 0.4) is 0 Å². The maximum atomic E-state index is 6.00. The van der Waals surface area contributed by atoms with Gasteiger partial charge in [0.05, 0.1) is 0 Å². The second kappa shape index (κ2) is 4.78. The molecule has 0 N–H and O–H groups in total. The van der Waals surface area contributed by atoms with Crippen LogP contribution in [0, 0.1) is 0 Å². The highest BCUT2D eigenvalue weighted by Crippen LogP contribution is 2.18. The van der Waals surface area contributed by atoms with Crippen LogP contribution in [0.5, 0.6) is 0 Å². The molecule has 0 nitrogen and oxygen atoms in total. The summed E-state index contributed by atoms with van der Waals surface area (Å²) in [5, 5.41) is 0.788. The highest BCUT2D eigenvalue weighted by atomic mass is 35.5. The first-order valence-corrected chi connectivity index (χ1v) is 4.24. The van der Waals surface area contributed by atoms with Gasteiger partial charge in [-0.1, -0.05) is 54.1 Å². The summed E-state index contributed by atoms with van der Waals surface area (Å²) >= 11 is 6.00. The molecule has 62 valence electrons. The minimum absolute atomic E-state index is 0.788. The number of allylic oxidation sites excluding steroid dienone is 2. The molecule has 0 saturated heterocycles. The molecule has 0 unspecified atom stereocenters. The Bertz CT molecular complexity index is 272. The van der Waals surface area contributed by atoms with E-state index in [9.17, 15) is 0 Å². The molecule has 12 heavy (non-hydrogen) atoms. The number of benzene rings is 1. The molecule has 0 spiro atoms. The van der Waals surface area contributed by atoms with Gasteiger partial charge in [-0.15, -0.1) is 6.58 Å². The lowest BCUT2D eigenvalue weighted by Gasteiger charge is -1.96. The maximum Gasteiger partial charge on any atom is 0.0441 e. The Balaban J connectivity index is 2.77. The van der Waals surface area contributed by atoms with Crippen LogP contribution in [0.4, 0.5) is 0 Å². The molecule has 0 radical (unpaired) electrons. The summed E-state index contributed by atoms with van der Waals surface area (Å²) < 4.78 is 0. The molecule has 0 aromatic heterocycles. The molecule has 0 bridgehead atoms. The minimum atomic E-state index is 0.788. The van der Waals surface area contributed by atoms with Gasteiger partial charge in [0, 0.05) is 5.03 Å². The fourth-order valence-electron chi connectivity index (χ4n) is 0.902. The second-order valence-corrected chi connectivity index (χ2v) is 2.85. The van der Waals surface area contributed by atoms with Crippen LogP contribution in [-0.2, 0) is 0 Å². The molecule has 0 aliphatic rings. The van der Waals surface area contributed by atoms with E-state index in [1.54, 1.807) is 0 Å². The van der Waals surface area contributed by atoms with Crippen LogP contribution in [0.1, 0.15) is 12.0 Å².